The number of benzene rings is 1. The number of thiophene rings is 1. The molecule has 2 rings (SSSR count). The number of hydrogen-bond acceptors (Lipinski definition) is 3. The number of aliphatic hydroxyl groups excluding tert-OH is 1. The smallest absolute Gasteiger partial charge is 0.0991 e. The molecule has 0 aliphatic heterocycles. The molecule has 2 aromatic rings. The van der Waals surface area contributed by atoms with Gasteiger partial charge in [-0.3, -0.25) is 0 Å². The third-order valence-electron chi connectivity index (χ3n) is 2.43. The Balaban J connectivity index is 2.09. The lowest BCUT2D eigenvalue weighted by Gasteiger charge is -2.09. The van der Waals surface area contributed by atoms with Gasteiger partial charge >= 0.3 is 0 Å². The van der Waals surface area contributed by atoms with Gasteiger partial charge in [-0.1, -0.05) is 12.1 Å². The highest BCUT2D eigenvalue weighted by Gasteiger charge is 2.08. The van der Waals surface area contributed by atoms with Gasteiger partial charge in [0.1, 0.15) is 0 Å². The molecule has 16 heavy (non-hydrogen) atoms. The van der Waals surface area contributed by atoms with Gasteiger partial charge in [0.15, 0.2) is 0 Å². The van der Waals surface area contributed by atoms with Crippen molar-refractivity contribution >= 4 is 11.3 Å². The quantitative estimate of drug-likeness (QED) is 0.879. The molecule has 1 aromatic carbocycles. The number of aliphatic hydroxyl groups is 1. The number of nitriles is 1. The summed E-state index contributed by atoms with van der Waals surface area (Å²) in [4.78, 5) is 0. The molecule has 1 aromatic heterocycles. The van der Waals surface area contributed by atoms with Crippen LogP contribution in [0.5, 0.6) is 0 Å². The van der Waals surface area contributed by atoms with E-state index in [0.29, 0.717) is 12.0 Å². The van der Waals surface area contributed by atoms with Crippen LogP contribution >= 0.6 is 11.3 Å². The molecule has 0 fully saturated rings. The predicted octanol–water partition coefficient (Wildman–Crippen LogP) is 2.90. The van der Waals surface area contributed by atoms with Gasteiger partial charge < -0.3 is 5.11 Å². The van der Waals surface area contributed by atoms with E-state index in [9.17, 15) is 5.11 Å². The highest BCUT2D eigenvalue weighted by molar-refractivity contribution is 7.07. The normalized spacial score (nSPS) is 12.0. The Morgan fingerprint density at radius 1 is 1.25 bits per heavy atom. The van der Waals surface area contributed by atoms with Crippen molar-refractivity contribution in [3.63, 3.8) is 0 Å². The summed E-state index contributed by atoms with van der Waals surface area (Å²) >= 11 is 1.63. The molecule has 2 nitrogen and oxygen atoms in total. The highest BCUT2D eigenvalue weighted by Crippen LogP contribution is 2.19. The third kappa shape index (κ3) is 2.48. The van der Waals surface area contributed by atoms with Crippen molar-refractivity contribution in [1.82, 2.24) is 0 Å². The summed E-state index contributed by atoms with van der Waals surface area (Å²) in [5.74, 6) is 0. The zero-order chi connectivity index (χ0) is 11.4. The summed E-state index contributed by atoms with van der Waals surface area (Å²) in [7, 11) is 0. The number of hydrogen-bond donors (Lipinski definition) is 1. The first kappa shape index (κ1) is 10.9. The van der Waals surface area contributed by atoms with Gasteiger partial charge in [0.25, 0.3) is 0 Å². The third-order valence-corrected chi connectivity index (χ3v) is 3.17. The molecule has 0 aliphatic rings. The first-order valence-electron chi connectivity index (χ1n) is 4.99. The highest BCUT2D eigenvalue weighted by atomic mass is 32.1. The van der Waals surface area contributed by atoms with Crippen LogP contribution in [-0.2, 0) is 6.42 Å². The zero-order valence-corrected chi connectivity index (χ0v) is 9.45. The molecule has 0 amide bonds. The lowest BCUT2D eigenvalue weighted by atomic mass is 10.0. The molecule has 1 N–H and O–H groups in total. The first-order chi connectivity index (χ1) is 7.79. The second kappa shape index (κ2) is 4.93. The van der Waals surface area contributed by atoms with Crippen LogP contribution in [0.4, 0.5) is 0 Å². The fourth-order valence-corrected chi connectivity index (χ4v) is 2.21. The van der Waals surface area contributed by atoms with Crippen LogP contribution in [0.1, 0.15) is 22.8 Å². The maximum Gasteiger partial charge on any atom is 0.0991 e. The molecule has 1 unspecified atom stereocenters. The molecule has 1 atom stereocenters. The Morgan fingerprint density at radius 2 is 2.00 bits per heavy atom. The Morgan fingerprint density at radius 3 is 2.56 bits per heavy atom. The van der Waals surface area contributed by atoms with Crippen LogP contribution in [-0.4, -0.2) is 5.11 Å². The molecule has 0 saturated carbocycles. The maximum atomic E-state index is 9.98. The molecule has 0 saturated heterocycles. The average molecular weight is 229 g/mol. The molecule has 0 radical (unpaired) electrons. The summed E-state index contributed by atoms with van der Waals surface area (Å²) in [5.41, 5.74) is 2.61. The SMILES string of the molecule is N#Cc1ccc(C(O)Cc2ccsc2)cc1. The van der Waals surface area contributed by atoms with Crippen molar-refractivity contribution in [2.75, 3.05) is 0 Å². The summed E-state index contributed by atoms with van der Waals surface area (Å²) in [5, 5.41) is 22.7. The molecular weight excluding hydrogens is 218 g/mol. The first-order valence-corrected chi connectivity index (χ1v) is 5.93. The molecule has 0 bridgehead atoms. The fraction of sp³-hybridized carbons (Fsp3) is 0.154. The van der Waals surface area contributed by atoms with Crippen LogP contribution in [0.15, 0.2) is 41.1 Å². The van der Waals surface area contributed by atoms with E-state index in [4.69, 9.17) is 5.26 Å². The second-order valence-electron chi connectivity index (χ2n) is 3.59. The minimum atomic E-state index is -0.498. The van der Waals surface area contributed by atoms with Gasteiger partial charge in [-0.15, -0.1) is 0 Å². The summed E-state index contributed by atoms with van der Waals surface area (Å²) in [6.45, 7) is 0. The topological polar surface area (TPSA) is 44.0 Å². The minimum Gasteiger partial charge on any atom is -0.388 e. The van der Waals surface area contributed by atoms with E-state index in [1.807, 2.05) is 16.8 Å². The van der Waals surface area contributed by atoms with Gasteiger partial charge in [0, 0.05) is 6.42 Å². The molecule has 3 heteroatoms. The molecule has 0 aliphatic carbocycles. The van der Waals surface area contributed by atoms with Crippen molar-refractivity contribution in [3.05, 3.63) is 57.8 Å². The van der Waals surface area contributed by atoms with Gasteiger partial charge in [-0.2, -0.15) is 16.6 Å². The van der Waals surface area contributed by atoms with Gasteiger partial charge in [-0.05, 0) is 40.1 Å². The largest absolute Gasteiger partial charge is 0.388 e. The standard InChI is InChI=1S/C13H11NOS/c14-8-10-1-3-12(4-2-10)13(15)7-11-5-6-16-9-11/h1-6,9,13,15H,7H2. The van der Waals surface area contributed by atoms with Gasteiger partial charge in [0.05, 0.1) is 17.7 Å². The monoisotopic (exact) mass is 229 g/mol. The van der Waals surface area contributed by atoms with Gasteiger partial charge in [0.2, 0.25) is 0 Å². The van der Waals surface area contributed by atoms with Gasteiger partial charge in [-0.25, -0.2) is 0 Å². The van der Waals surface area contributed by atoms with E-state index in [1.54, 1.807) is 35.6 Å². The molecule has 1 heterocycles. The minimum absolute atomic E-state index is 0.498. The van der Waals surface area contributed by atoms with Crippen molar-refractivity contribution < 1.29 is 5.11 Å². The lowest BCUT2D eigenvalue weighted by Crippen LogP contribution is -2.00. The van der Waals surface area contributed by atoms with Crippen LogP contribution in [0.3, 0.4) is 0 Å². The van der Waals surface area contributed by atoms with E-state index in [-0.39, 0.29) is 0 Å². The van der Waals surface area contributed by atoms with Crippen LogP contribution in [0, 0.1) is 11.3 Å². The van der Waals surface area contributed by atoms with Crippen LogP contribution in [0.25, 0.3) is 0 Å². The second-order valence-corrected chi connectivity index (χ2v) is 4.37. The van der Waals surface area contributed by atoms with Crippen LogP contribution in [0.2, 0.25) is 0 Å². The van der Waals surface area contributed by atoms with E-state index < -0.39 is 6.10 Å². The Bertz CT molecular complexity index is 482. The van der Waals surface area contributed by atoms with E-state index >= 15 is 0 Å². The van der Waals surface area contributed by atoms with E-state index in [2.05, 4.69) is 6.07 Å². The van der Waals surface area contributed by atoms with E-state index in [0.717, 1.165) is 11.1 Å². The summed E-state index contributed by atoms with van der Waals surface area (Å²) in [6, 6.07) is 11.1. The summed E-state index contributed by atoms with van der Waals surface area (Å²) in [6.07, 6.45) is 0.123. The molecule has 0 spiro atoms. The van der Waals surface area contributed by atoms with Crippen molar-refractivity contribution in [3.8, 4) is 6.07 Å². The lowest BCUT2D eigenvalue weighted by molar-refractivity contribution is 0.178. The predicted molar refractivity (Wildman–Crippen MR) is 64.1 cm³/mol. The average Bonchev–Trinajstić information content (AvgIpc) is 2.82. The van der Waals surface area contributed by atoms with E-state index in [1.165, 1.54) is 0 Å². The summed E-state index contributed by atoms with van der Waals surface area (Å²) < 4.78 is 0. The van der Waals surface area contributed by atoms with Crippen molar-refractivity contribution in [2.45, 2.75) is 12.5 Å². The Hall–Kier alpha value is -1.63. The fourth-order valence-electron chi connectivity index (χ4n) is 1.53. The number of nitrogens with zero attached hydrogens (tertiary/aromatic N) is 1. The molecular formula is C13H11NOS. The Kier molecular flexibility index (Phi) is 3.35. The number of rotatable bonds is 3. The van der Waals surface area contributed by atoms with Crippen molar-refractivity contribution in [2.24, 2.45) is 0 Å². The van der Waals surface area contributed by atoms with Crippen LogP contribution < -0.4 is 0 Å². The zero-order valence-electron chi connectivity index (χ0n) is 8.63. The molecule has 80 valence electrons. The van der Waals surface area contributed by atoms with Crippen molar-refractivity contribution in [1.29, 1.82) is 5.26 Å². The maximum absolute atomic E-state index is 9.98. The Labute approximate surface area is 98.4 Å².